The Hall–Kier alpha value is -3.80. The molecule has 0 saturated carbocycles. The van der Waals surface area contributed by atoms with Gasteiger partial charge in [-0.2, -0.15) is 0 Å². The minimum absolute atomic E-state index is 0.0527. The second kappa shape index (κ2) is 13.5. The van der Waals surface area contributed by atoms with Gasteiger partial charge in [0.1, 0.15) is 17.7 Å². The van der Waals surface area contributed by atoms with Crippen molar-refractivity contribution in [2.24, 2.45) is 11.7 Å². The Morgan fingerprint density at radius 2 is 1.90 bits per heavy atom. The van der Waals surface area contributed by atoms with Crippen LogP contribution in [0.15, 0.2) is 28.7 Å². The van der Waals surface area contributed by atoms with E-state index in [0.717, 1.165) is 19.3 Å². The Balaban J connectivity index is 1.33. The highest BCUT2D eigenvalue weighted by atomic mass is 16.6. The molecule has 3 N–H and O–H groups in total. The second-order valence-corrected chi connectivity index (χ2v) is 11.5. The number of ketones is 2. The molecule has 4 atom stereocenters. The maximum absolute atomic E-state index is 13.9. The van der Waals surface area contributed by atoms with Crippen molar-refractivity contribution in [3.05, 3.63) is 30.2 Å². The van der Waals surface area contributed by atoms with Gasteiger partial charge in [-0.3, -0.25) is 19.2 Å². The van der Waals surface area contributed by atoms with E-state index >= 15 is 0 Å². The zero-order chi connectivity index (χ0) is 29.6. The van der Waals surface area contributed by atoms with E-state index in [4.69, 9.17) is 14.9 Å². The number of hydrogen-bond acceptors (Lipinski definition) is 9. The fourth-order valence-corrected chi connectivity index (χ4v) is 6.12. The van der Waals surface area contributed by atoms with Gasteiger partial charge < -0.3 is 30.0 Å². The van der Waals surface area contributed by atoms with Crippen LogP contribution in [0.4, 0.5) is 4.79 Å². The number of nitrogens with two attached hydrogens (primary N) is 1. The molecule has 0 aliphatic carbocycles. The molecular weight excluding hydrogens is 542 g/mol. The van der Waals surface area contributed by atoms with E-state index in [1.165, 1.54) is 4.90 Å². The first-order valence-corrected chi connectivity index (χ1v) is 15.0. The number of hydrogen-bond donors (Lipinski definition) is 2. The highest BCUT2D eigenvalue weighted by Crippen LogP contribution is 2.29. The normalized spacial score (nSPS) is 23.2. The van der Waals surface area contributed by atoms with Crippen LogP contribution in [0.5, 0.6) is 0 Å². The number of likely N-dealkylation sites (tertiary alicyclic amines) is 2. The number of fused-ring (bicyclic) bond motifs is 1. The number of rotatable bonds is 11. The predicted molar refractivity (Wildman–Crippen MR) is 151 cm³/mol. The average molecular weight is 582 g/mol. The van der Waals surface area contributed by atoms with Crippen LogP contribution in [0.25, 0.3) is 11.1 Å². The van der Waals surface area contributed by atoms with Gasteiger partial charge in [-0.25, -0.2) is 9.78 Å². The van der Waals surface area contributed by atoms with Gasteiger partial charge in [0.25, 0.3) is 5.89 Å². The lowest BCUT2D eigenvalue weighted by atomic mass is 9.89. The van der Waals surface area contributed by atoms with E-state index in [1.807, 2.05) is 0 Å². The van der Waals surface area contributed by atoms with Gasteiger partial charge in [-0.1, -0.05) is 18.6 Å². The molecular formula is C30H39N5O7. The third kappa shape index (κ3) is 6.80. The quantitative estimate of drug-likeness (QED) is 0.300. The van der Waals surface area contributed by atoms with E-state index in [1.54, 1.807) is 29.2 Å². The molecule has 3 aliphatic heterocycles. The third-order valence-electron chi connectivity index (χ3n) is 8.42. The summed E-state index contributed by atoms with van der Waals surface area (Å²) in [5, 5.41) is 2.68. The highest BCUT2D eigenvalue weighted by Gasteiger charge is 2.45. The number of para-hydroxylation sites is 2. The average Bonchev–Trinajstić information content (AvgIpc) is 3.74. The lowest BCUT2D eigenvalue weighted by molar-refractivity contribution is -0.139. The van der Waals surface area contributed by atoms with Crippen molar-refractivity contribution in [1.82, 2.24) is 20.1 Å². The van der Waals surface area contributed by atoms with Gasteiger partial charge in [0.15, 0.2) is 11.4 Å². The van der Waals surface area contributed by atoms with Gasteiger partial charge in [-0.15, -0.1) is 0 Å². The zero-order valence-corrected chi connectivity index (χ0v) is 23.8. The van der Waals surface area contributed by atoms with Crippen molar-refractivity contribution < 1.29 is 33.1 Å². The number of Topliss-reactive ketones (excluding diaryl/α,β-unsaturated/α-hetero) is 2. The monoisotopic (exact) mass is 581 g/mol. The van der Waals surface area contributed by atoms with Crippen LogP contribution >= 0.6 is 0 Å². The van der Waals surface area contributed by atoms with Gasteiger partial charge >= 0.3 is 6.09 Å². The number of carbonyl (C=O) groups excluding carboxylic acids is 5. The molecule has 0 radical (unpaired) electrons. The maximum Gasteiger partial charge on any atom is 0.410 e. The first kappa shape index (κ1) is 29.7. The zero-order valence-electron chi connectivity index (χ0n) is 23.8. The van der Waals surface area contributed by atoms with Crippen molar-refractivity contribution in [1.29, 1.82) is 0 Å². The molecule has 42 heavy (non-hydrogen) atoms. The first-order chi connectivity index (χ1) is 20.3. The van der Waals surface area contributed by atoms with Crippen molar-refractivity contribution in [2.75, 3.05) is 26.2 Å². The first-order valence-electron chi connectivity index (χ1n) is 15.0. The molecule has 3 fully saturated rings. The molecule has 0 bridgehead atoms. The van der Waals surface area contributed by atoms with E-state index in [2.05, 4.69) is 10.3 Å². The van der Waals surface area contributed by atoms with Crippen LogP contribution in [0.1, 0.15) is 74.9 Å². The fraction of sp³-hybridized carbons (Fsp3) is 0.600. The van der Waals surface area contributed by atoms with E-state index in [-0.39, 0.29) is 55.1 Å². The smallest absolute Gasteiger partial charge is 0.410 e. The summed E-state index contributed by atoms with van der Waals surface area (Å²) in [6.07, 6.45) is 4.09. The number of carbonyl (C=O) groups is 5. The lowest BCUT2D eigenvalue weighted by Crippen LogP contribution is -2.49. The largest absolute Gasteiger partial charge is 0.444 e. The number of amides is 3. The SMILES string of the molecule is NCCCC[C@H](CC(=O)[C@@H]1C[C@@H](OC(=O)N2CCCCC2)CN1C(=O)[C@H]1CCC(=O)N1)C(=O)c1nc2ccccc2o1. The Labute approximate surface area is 244 Å². The Morgan fingerprint density at radius 1 is 1.12 bits per heavy atom. The van der Waals surface area contributed by atoms with Gasteiger partial charge in [0.2, 0.25) is 17.6 Å². The fourth-order valence-electron chi connectivity index (χ4n) is 6.12. The maximum atomic E-state index is 13.9. The van der Waals surface area contributed by atoms with E-state index < -0.39 is 30.2 Å². The molecule has 1 aromatic carbocycles. The van der Waals surface area contributed by atoms with Gasteiger partial charge in [0.05, 0.1) is 12.6 Å². The number of piperidine rings is 1. The summed E-state index contributed by atoms with van der Waals surface area (Å²) in [6.45, 7) is 1.75. The number of aromatic nitrogens is 1. The van der Waals surface area contributed by atoms with Crippen LogP contribution in [0.2, 0.25) is 0 Å². The summed E-state index contributed by atoms with van der Waals surface area (Å²) in [7, 11) is 0. The molecule has 3 saturated heterocycles. The molecule has 5 rings (SSSR count). The van der Waals surface area contributed by atoms with Crippen LogP contribution in [0, 0.1) is 5.92 Å². The molecule has 3 amide bonds. The topological polar surface area (TPSA) is 165 Å². The minimum Gasteiger partial charge on any atom is -0.444 e. The Morgan fingerprint density at radius 3 is 2.62 bits per heavy atom. The third-order valence-corrected chi connectivity index (χ3v) is 8.42. The van der Waals surface area contributed by atoms with Crippen molar-refractivity contribution in [3.8, 4) is 0 Å². The van der Waals surface area contributed by atoms with Crippen molar-refractivity contribution in [2.45, 2.75) is 82.4 Å². The molecule has 12 heteroatoms. The Kier molecular flexibility index (Phi) is 9.51. The number of ether oxygens (including phenoxy) is 1. The molecule has 2 aromatic rings. The van der Waals surface area contributed by atoms with E-state index in [0.29, 0.717) is 56.4 Å². The molecule has 0 unspecified atom stereocenters. The summed E-state index contributed by atoms with van der Waals surface area (Å²) >= 11 is 0. The summed E-state index contributed by atoms with van der Waals surface area (Å²) in [6, 6.07) is 5.45. The van der Waals surface area contributed by atoms with Crippen LogP contribution < -0.4 is 11.1 Å². The molecule has 3 aliphatic rings. The summed E-state index contributed by atoms with van der Waals surface area (Å²) in [4.78, 5) is 73.0. The minimum atomic E-state index is -0.886. The number of unbranched alkanes of at least 4 members (excludes halogenated alkanes) is 1. The Bertz CT molecular complexity index is 1290. The van der Waals surface area contributed by atoms with Crippen LogP contribution in [-0.4, -0.2) is 88.6 Å². The molecule has 1 aromatic heterocycles. The number of nitrogens with zero attached hydrogens (tertiary/aromatic N) is 3. The second-order valence-electron chi connectivity index (χ2n) is 11.5. The predicted octanol–water partition coefficient (Wildman–Crippen LogP) is 2.59. The molecule has 12 nitrogen and oxygen atoms in total. The summed E-state index contributed by atoms with van der Waals surface area (Å²) in [5.74, 6) is -2.03. The van der Waals surface area contributed by atoms with Crippen molar-refractivity contribution >= 4 is 40.6 Å². The molecule has 4 heterocycles. The van der Waals surface area contributed by atoms with E-state index in [9.17, 15) is 24.0 Å². The van der Waals surface area contributed by atoms with Gasteiger partial charge in [-0.05, 0) is 57.2 Å². The number of benzene rings is 1. The standard InChI is InChI=1S/C30H39N5O7/c31-13-5-4-8-19(27(38)28-33-21-9-2-3-10-25(21)42-28)16-24(36)23-17-20(41-30(40)34-14-6-1-7-15-34)18-35(23)29(39)22-11-12-26(37)32-22/h2-3,9-10,19-20,22-23H,1,4-8,11-18,31H2,(H,32,37)/t19-,20-,22-,23+/m1/s1. The number of nitrogens with one attached hydrogen (secondary N) is 1. The lowest BCUT2D eigenvalue weighted by Gasteiger charge is -2.28. The number of oxazole rings is 1. The van der Waals surface area contributed by atoms with Crippen LogP contribution in [0.3, 0.4) is 0 Å². The van der Waals surface area contributed by atoms with Crippen molar-refractivity contribution in [3.63, 3.8) is 0 Å². The summed E-state index contributed by atoms with van der Waals surface area (Å²) < 4.78 is 11.5. The molecule has 226 valence electrons. The van der Waals surface area contributed by atoms with Gasteiger partial charge in [0, 0.05) is 38.3 Å². The summed E-state index contributed by atoms with van der Waals surface area (Å²) in [5.41, 5.74) is 6.72. The molecule has 0 spiro atoms. The van der Waals surface area contributed by atoms with Crippen LogP contribution in [-0.2, 0) is 19.1 Å². The highest BCUT2D eigenvalue weighted by molar-refractivity contribution is 6.00.